The predicted molar refractivity (Wildman–Crippen MR) is 79.5 cm³/mol. The van der Waals surface area contributed by atoms with Crippen LogP contribution < -0.4 is 0 Å². The van der Waals surface area contributed by atoms with Gasteiger partial charge in [0.2, 0.25) is 0 Å². The Kier molecular flexibility index (Phi) is 4.68. The van der Waals surface area contributed by atoms with Crippen molar-refractivity contribution in [1.82, 2.24) is 24.6 Å². The summed E-state index contributed by atoms with van der Waals surface area (Å²) in [4.78, 5) is 9.28. The van der Waals surface area contributed by atoms with Crippen molar-refractivity contribution < 1.29 is 0 Å². The third kappa shape index (κ3) is 3.38. The summed E-state index contributed by atoms with van der Waals surface area (Å²) in [6.07, 6.45) is 10.4. The van der Waals surface area contributed by atoms with Gasteiger partial charge in [0.25, 0.3) is 0 Å². The number of likely N-dealkylation sites (N-methyl/N-ethyl adjacent to an activating group) is 1. The minimum atomic E-state index is 0.739. The van der Waals surface area contributed by atoms with Gasteiger partial charge < -0.3 is 4.90 Å². The highest BCUT2D eigenvalue weighted by Gasteiger charge is 2.30. The molecule has 112 valence electrons. The number of aromatic nitrogens is 3. The molecule has 5 heteroatoms. The molecule has 1 aromatic rings. The largest absolute Gasteiger partial charge is 0.304 e. The molecule has 0 radical (unpaired) electrons. The SMILES string of the molecule is CN1CCN(C2CCCCCC2Cn2cncn2)CC1. The molecule has 1 aliphatic carbocycles. The van der Waals surface area contributed by atoms with Crippen LogP contribution in [0.1, 0.15) is 32.1 Å². The minimum absolute atomic E-state index is 0.739. The quantitative estimate of drug-likeness (QED) is 0.784. The number of hydrogen-bond acceptors (Lipinski definition) is 4. The summed E-state index contributed by atoms with van der Waals surface area (Å²) >= 11 is 0. The van der Waals surface area contributed by atoms with E-state index in [1.165, 1.54) is 58.3 Å². The lowest BCUT2D eigenvalue weighted by Crippen LogP contribution is -2.51. The van der Waals surface area contributed by atoms with Crippen LogP contribution in [0.5, 0.6) is 0 Å². The van der Waals surface area contributed by atoms with E-state index in [-0.39, 0.29) is 0 Å². The predicted octanol–water partition coefficient (Wildman–Crippen LogP) is 1.47. The Morgan fingerprint density at radius 1 is 1.05 bits per heavy atom. The molecule has 3 rings (SSSR count). The normalized spacial score (nSPS) is 30.2. The van der Waals surface area contributed by atoms with Gasteiger partial charge in [0.15, 0.2) is 0 Å². The second-order valence-corrected chi connectivity index (χ2v) is 6.42. The fourth-order valence-electron chi connectivity index (χ4n) is 3.78. The van der Waals surface area contributed by atoms with Gasteiger partial charge in [0, 0.05) is 38.8 Å². The fourth-order valence-corrected chi connectivity index (χ4v) is 3.78. The molecule has 0 bridgehead atoms. The minimum Gasteiger partial charge on any atom is -0.304 e. The van der Waals surface area contributed by atoms with Crippen molar-refractivity contribution in [2.45, 2.75) is 44.7 Å². The maximum atomic E-state index is 4.31. The zero-order chi connectivity index (χ0) is 13.8. The third-order valence-corrected chi connectivity index (χ3v) is 5.01. The summed E-state index contributed by atoms with van der Waals surface area (Å²) in [5, 5.41) is 4.31. The van der Waals surface area contributed by atoms with E-state index in [1.807, 2.05) is 11.0 Å². The Balaban J connectivity index is 1.67. The summed E-state index contributed by atoms with van der Waals surface area (Å²) in [5.74, 6) is 0.739. The molecule has 1 aromatic heterocycles. The number of piperazine rings is 1. The van der Waals surface area contributed by atoms with Crippen molar-refractivity contribution in [3.8, 4) is 0 Å². The Bertz CT molecular complexity index is 383. The second kappa shape index (κ2) is 6.68. The number of hydrogen-bond donors (Lipinski definition) is 0. The molecule has 2 atom stereocenters. The van der Waals surface area contributed by atoms with Crippen LogP contribution in [-0.4, -0.2) is 63.8 Å². The molecule has 5 nitrogen and oxygen atoms in total. The molecule has 20 heavy (non-hydrogen) atoms. The van der Waals surface area contributed by atoms with Crippen molar-refractivity contribution in [3.63, 3.8) is 0 Å². The first-order valence-corrected chi connectivity index (χ1v) is 8.08. The van der Waals surface area contributed by atoms with Crippen LogP contribution in [0.15, 0.2) is 12.7 Å². The monoisotopic (exact) mass is 277 g/mol. The Hall–Kier alpha value is -0.940. The topological polar surface area (TPSA) is 37.2 Å². The molecule has 2 unspecified atom stereocenters. The van der Waals surface area contributed by atoms with E-state index in [0.717, 1.165) is 18.5 Å². The first-order chi connectivity index (χ1) is 9.83. The smallest absolute Gasteiger partial charge is 0.137 e. The summed E-state index contributed by atoms with van der Waals surface area (Å²) in [5.41, 5.74) is 0. The van der Waals surface area contributed by atoms with Gasteiger partial charge in [-0.3, -0.25) is 9.58 Å². The van der Waals surface area contributed by atoms with Gasteiger partial charge in [-0.25, -0.2) is 4.98 Å². The standard InChI is InChI=1S/C15H27N5/c1-18-7-9-19(10-8-18)15-6-4-2-3-5-14(15)11-20-13-16-12-17-20/h12-15H,2-11H2,1H3. The molecular weight excluding hydrogens is 250 g/mol. The van der Waals surface area contributed by atoms with Gasteiger partial charge in [0.1, 0.15) is 12.7 Å². The second-order valence-electron chi connectivity index (χ2n) is 6.42. The molecule has 1 aliphatic heterocycles. The molecule has 0 spiro atoms. The maximum Gasteiger partial charge on any atom is 0.137 e. The van der Waals surface area contributed by atoms with Crippen LogP contribution in [-0.2, 0) is 6.54 Å². The van der Waals surface area contributed by atoms with E-state index in [4.69, 9.17) is 0 Å². The van der Waals surface area contributed by atoms with Gasteiger partial charge >= 0.3 is 0 Å². The van der Waals surface area contributed by atoms with Crippen LogP contribution >= 0.6 is 0 Å². The molecule has 0 amide bonds. The molecule has 0 aromatic carbocycles. The molecule has 2 heterocycles. The average Bonchev–Trinajstić information content (AvgIpc) is 2.86. The van der Waals surface area contributed by atoms with Gasteiger partial charge in [-0.15, -0.1) is 0 Å². The average molecular weight is 277 g/mol. The Morgan fingerprint density at radius 3 is 2.60 bits per heavy atom. The highest BCUT2D eigenvalue weighted by atomic mass is 15.3. The highest BCUT2D eigenvalue weighted by Crippen LogP contribution is 2.29. The van der Waals surface area contributed by atoms with E-state index in [9.17, 15) is 0 Å². The van der Waals surface area contributed by atoms with Crippen molar-refractivity contribution in [1.29, 1.82) is 0 Å². The van der Waals surface area contributed by atoms with E-state index >= 15 is 0 Å². The highest BCUT2D eigenvalue weighted by molar-refractivity contribution is 4.85. The zero-order valence-electron chi connectivity index (χ0n) is 12.6. The fraction of sp³-hybridized carbons (Fsp3) is 0.867. The first kappa shape index (κ1) is 14.0. The summed E-state index contributed by atoms with van der Waals surface area (Å²) in [7, 11) is 2.23. The van der Waals surface area contributed by atoms with Crippen LogP contribution in [0.2, 0.25) is 0 Å². The van der Waals surface area contributed by atoms with Crippen molar-refractivity contribution in [2.24, 2.45) is 5.92 Å². The molecule has 1 saturated carbocycles. The zero-order valence-corrected chi connectivity index (χ0v) is 12.6. The van der Waals surface area contributed by atoms with Crippen LogP contribution in [0.25, 0.3) is 0 Å². The lowest BCUT2D eigenvalue weighted by molar-refractivity contribution is 0.0692. The van der Waals surface area contributed by atoms with Crippen LogP contribution in [0.3, 0.4) is 0 Å². The number of nitrogens with zero attached hydrogens (tertiary/aromatic N) is 5. The molecular formula is C15H27N5. The lowest BCUT2D eigenvalue weighted by atomic mass is 9.92. The van der Waals surface area contributed by atoms with Crippen molar-refractivity contribution >= 4 is 0 Å². The Labute approximate surface area is 122 Å². The third-order valence-electron chi connectivity index (χ3n) is 5.01. The van der Waals surface area contributed by atoms with Gasteiger partial charge in [-0.2, -0.15) is 5.10 Å². The first-order valence-electron chi connectivity index (χ1n) is 8.08. The van der Waals surface area contributed by atoms with Gasteiger partial charge in [-0.05, 0) is 25.8 Å². The van der Waals surface area contributed by atoms with E-state index < -0.39 is 0 Å². The lowest BCUT2D eigenvalue weighted by Gasteiger charge is -2.41. The molecule has 2 fully saturated rings. The summed E-state index contributed by atoms with van der Waals surface area (Å²) < 4.78 is 2.03. The summed E-state index contributed by atoms with van der Waals surface area (Å²) in [6, 6.07) is 0.746. The summed E-state index contributed by atoms with van der Waals surface area (Å²) in [6.45, 7) is 5.93. The van der Waals surface area contributed by atoms with E-state index in [1.54, 1.807) is 6.33 Å². The van der Waals surface area contributed by atoms with Crippen LogP contribution in [0.4, 0.5) is 0 Å². The van der Waals surface area contributed by atoms with E-state index in [2.05, 4.69) is 26.9 Å². The molecule has 1 saturated heterocycles. The van der Waals surface area contributed by atoms with Crippen molar-refractivity contribution in [3.05, 3.63) is 12.7 Å². The maximum absolute atomic E-state index is 4.31. The Morgan fingerprint density at radius 2 is 1.85 bits per heavy atom. The van der Waals surface area contributed by atoms with E-state index in [0.29, 0.717) is 0 Å². The van der Waals surface area contributed by atoms with Crippen LogP contribution in [0, 0.1) is 5.92 Å². The van der Waals surface area contributed by atoms with Gasteiger partial charge in [0.05, 0.1) is 0 Å². The molecule has 2 aliphatic rings. The molecule has 0 N–H and O–H groups in total. The van der Waals surface area contributed by atoms with Crippen molar-refractivity contribution in [2.75, 3.05) is 33.2 Å². The van der Waals surface area contributed by atoms with Gasteiger partial charge in [-0.1, -0.05) is 19.3 Å². The number of rotatable bonds is 3.